The van der Waals surface area contributed by atoms with Gasteiger partial charge in [0, 0.05) is 19.3 Å². The van der Waals surface area contributed by atoms with E-state index in [0.29, 0.717) is 30.4 Å². The zero-order valence-corrected chi connectivity index (χ0v) is 20.1. The maximum atomic E-state index is 13.2. The highest BCUT2D eigenvalue weighted by Crippen LogP contribution is 2.30. The first-order chi connectivity index (χ1) is 16.9. The number of benzene rings is 2. The number of morpholine rings is 1. The molecule has 11 heteroatoms. The van der Waals surface area contributed by atoms with Crippen LogP contribution in [0.1, 0.15) is 10.4 Å². The van der Waals surface area contributed by atoms with Crippen molar-refractivity contribution < 1.29 is 32.2 Å². The van der Waals surface area contributed by atoms with Crippen LogP contribution in [-0.2, 0) is 14.8 Å². The van der Waals surface area contributed by atoms with Crippen molar-refractivity contribution in [1.82, 2.24) is 9.29 Å². The molecule has 1 aliphatic heterocycles. The number of rotatable bonds is 8. The first-order valence-corrected chi connectivity index (χ1v) is 12.2. The highest BCUT2D eigenvalue weighted by Gasteiger charge is 2.28. The van der Waals surface area contributed by atoms with Crippen LogP contribution < -0.4 is 19.5 Å². The minimum Gasteiger partial charge on any atom is -0.497 e. The minimum atomic E-state index is -3.80. The van der Waals surface area contributed by atoms with Gasteiger partial charge in [0.25, 0.3) is 5.91 Å². The normalized spacial score (nSPS) is 14.2. The molecule has 1 aromatic heterocycles. The first kappa shape index (κ1) is 24.5. The second-order valence-corrected chi connectivity index (χ2v) is 9.40. The molecule has 35 heavy (non-hydrogen) atoms. The molecule has 1 aliphatic rings. The summed E-state index contributed by atoms with van der Waals surface area (Å²) < 4.78 is 49.0. The van der Waals surface area contributed by atoms with Gasteiger partial charge in [-0.15, -0.1) is 0 Å². The first-order valence-electron chi connectivity index (χ1n) is 10.8. The molecule has 2 aromatic carbocycles. The fourth-order valence-corrected chi connectivity index (χ4v) is 4.91. The third-order valence-electron chi connectivity index (χ3n) is 5.32. The van der Waals surface area contributed by atoms with Gasteiger partial charge in [-0.1, -0.05) is 0 Å². The molecular weight excluding hydrogens is 474 g/mol. The van der Waals surface area contributed by atoms with Crippen LogP contribution in [-0.4, -0.2) is 64.1 Å². The Labute approximate surface area is 203 Å². The van der Waals surface area contributed by atoms with Crippen LogP contribution >= 0.6 is 0 Å². The Morgan fingerprint density at radius 2 is 1.71 bits per heavy atom. The van der Waals surface area contributed by atoms with E-state index in [-0.39, 0.29) is 35.2 Å². The molecule has 3 aromatic rings. The molecule has 0 spiro atoms. The van der Waals surface area contributed by atoms with Gasteiger partial charge in [0.1, 0.15) is 22.9 Å². The Morgan fingerprint density at radius 3 is 2.40 bits per heavy atom. The molecule has 1 saturated heterocycles. The lowest BCUT2D eigenvalue weighted by atomic mass is 10.2. The number of methoxy groups -OCH3 is 2. The average Bonchev–Trinajstić information content (AvgIpc) is 2.90. The smallest absolute Gasteiger partial charge is 0.259 e. The number of amides is 1. The molecule has 184 valence electrons. The molecule has 4 rings (SSSR count). The quantitative estimate of drug-likeness (QED) is 0.502. The Hall–Kier alpha value is -3.67. The van der Waals surface area contributed by atoms with Crippen molar-refractivity contribution in [1.29, 1.82) is 0 Å². The Bertz CT molecular complexity index is 1290. The molecule has 0 radical (unpaired) electrons. The maximum Gasteiger partial charge on any atom is 0.259 e. The molecule has 1 fully saturated rings. The number of hydrogen-bond acceptors (Lipinski definition) is 8. The number of nitrogens with one attached hydrogen (secondary N) is 1. The minimum absolute atomic E-state index is 0.00811. The summed E-state index contributed by atoms with van der Waals surface area (Å²) in [5.41, 5.74) is 0.359. The number of aromatic nitrogens is 1. The summed E-state index contributed by atoms with van der Waals surface area (Å²) in [5.74, 6) is 0.988. The summed E-state index contributed by atoms with van der Waals surface area (Å²) in [6.45, 7) is 1.14. The monoisotopic (exact) mass is 499 g/mol. The lowest BCUT2D eigenvalue weighted by molar-refractivity contribution is 0.0730. The number of carbonyl (C=O) groups is 1. The van der Waals surface area contributed by atoms with Crippen molar-refractivity contribution in [3.63, 3.8) is 0 Å². The van der Waals surface area contributed by atoms with Crippen molar-refractivity contribution >= 4 is 21.6 Å². The lowest BCUT2D eigenvalue weighted by Crippen LogP contribution is -2.40. The van der Waals surface area contributed by atoms with E-state index in [1.54, 1.807) is 43.5 Å². The Kier molecular flexibility index (Phi) is 7.49. The topological polar surface area (TPSA) is 116 Å². The predicted octanol–water partition coefficient (Wildman–Crippen LogP) is 3.16. The van der Waals surface area contributed by atoms with E-state index < -0.39 is 15.9 Å². The molecule has 0 unspecified atom stereocenters. The number of anilines is 1. The van der Waals surface area contributed by atoms with Gasteiger partial charge in [0.15, 0.2) is 0 Å². The highest BCUT2D eigenvalue weighted by molar-refractivity contribution is 7.89. The van der Waals surface area contributed by atoms with Crippen molar-refractivity contribution in [3.8, 4) is 23.1 Å². The third kappa shape index (κ3) is 5.53. The van der Waals surface area contributed by atoms with E-state index in [1.165, 1.54) is 35.8 Å². The SMILES string of the molecule is COc1ccc(Oc2ncccc2NC(=O)c2cc(S(=O)(=O)N3CCOCC3)ccc2OC)cc1. The van der Waals surface area contributed by atoms with Crippen molar-refractivity contribution in [2.75, 3.05) is 45.8 Å². The van der Waals surface area contributed by atoms with Gasteiger partial charge in [0.2, 0.25) is 15.9 Å². The van der Waals surface area contributed by atoms with Crippen molar-refractivity contribution in [2.45, 2.75) is 4.90 Å². The number of sulfonamides is 1. The average molecular weight is 500 g/mol. The van der Waals surface area contributed by atoms with E-state index in [4.69, 9.17) is 18.9 Å². The van der Waals surface area contributed by atoms with E-state index in [2.05, 4.69) is 10.3 Å². The number of pyridine rings is 1. The molecule has 0 atom stereocenters. The van der Waals surface area contributed by atoms with Crippen LogP contribution in [0.4, 0.5) is 5.69 Å². The van der Waals surface area contributed by atoms with Gasteiger partial charge in [-0.05, 0) is 54.6 Å². The lowest BCUT2D eigenvalue weighted by Gasteiger charge is -2.26. The fraction of sp³-hybridized carbons (Fsp3) is 0.250. The maximum absolute atomic E-state index is 13.2. The van der Waals surface area contributed by atoms with Gasteiger partial charge >= 0.3 is 0 Å². The van der Waals surface area contributed by atoms with Crippen LogP contribution in [0.5, 0.6) is 23.1 Å². The van der Waals surface area contributed by atoms with Gasteiger partial charge in [-0.3, -0.25) is 4.79 Å². The van der Waals surface area contributed by atoms with Crippen LogP contribution in [0, 0.1) is 0 Å². The number of nitrogens with zero attached hydrogens (tertiary/aromatic N) is 2. The highest BCUT2D eigenvalue weighted by atomic mass is 32.2. The van der Waals surface area contributed by atoms with Crippen molar-refractivity contribution in [3.05, 3.63) is 66.4 Å². The van der Waals surface area contributed by atoms with E-state index >= 15 is 0 Å². The number of hydrogen-bond donors (Lipinski definition) is 1. The molecular formula is C24H25N3O7S. The fourth-order valence-electron chi connectivity index (χ4n) is 3.47. The van der Waals surface area contributed by atoms with Crippen LogP contribution in [0.3, 0.4) is 0 Å². The van der Waals surface area contributed by atoms with Gasteiger partial charge in [0.05, 0.1) is 37.9 Å². The second kappa shape index (κ2) is 10.7. The molecule has 0 saturated carbocycles. The van der Waals surface area contributed by atoms with Crippen molar-refractivity contribution in [2.24, 2.45) is 0 Å². The molecule has 2 heterocycles. The molecule has 10 nitrogen and oxygen atoms in total. The van der Waals surface area contributed by atoms with Crippen LogP contribution in [0.2, 0.25) is 0 Å². The van der Waals surface area contributed by atoms with Gasteiger partial charge in [-0.25, -0.2) is 13.4 Å². The summed E-state index contributed by atoms with van der Waals surface area (Å²) in [6, 6.07) is 14.4. The number of carbonyl (C=O) groups excluding carboxylic acids is 1. The van der Waals surface area contributed by atoms with Gasteiger partial charge in [-0.2, -0.15) is 4.31 Å². The summed E-state index contributed by atoms with van der Waals surface area (Å²) >= 11 is 0. The summed E-state index contributed by atoms with van der Waals surface area (Å²) in [4.78, 5) is 17.4. The van der Waals surface area contributed by atoms with Crippen LogP contribution in [0.15, 0.2) is 65.7 Å². The van der Waals surface area contributed by atoms with Gasteiger partial charge < -0.3 is 24.3 Å². The molecule has 0 bridgehead atoms. The zero-order chi connectivity index (χ0) is 24.8. The van der Waals surface area contributed by atoms with E-state index in [1.807, 2.05) is 0 Å². The van der Waals surface area contributed by atoms with Crippen LogP contribution in [0.25, 0.3) is 0 Å². The van der Waals surface area contributed by atoms with E-state index in [9.17, 15) is 13.2 Å². The zero-order valence-electron chi connectivity index (χ0n) is 19.3. The summed E-state index contributed by atoms with van der Waals surface area (Å²) in [7, 11) is -0.826. The Balaban J connectivity index is 1.59. The summed E-state index contributed by atoms with van der Waals surface area (Å²) in [5, 5.41) is 2.74. The standard InChI is InChI=1S/C24H25N3O7S/c1-31-17-5-7-18(8-6-17)34-24-21(4-3-11-25-24)26-23(28)20-16-19(9-10-22(20)32-2)35(29,30)27-12-14-33-15-13-27/h3-11,16H,12-15H2,1-2H3,(H,26,28). The number of ether oxygens (including phenoxy) is 4. The largest absolute Gasteiger partial charge is 0.497 e. The van der Waals surface area contributed by atoms with E-state index in [0.717, 1.165) is 0 Å². The molecule has 0 aliphatic carbocycles. The molecule has 1 N–H and O–H groups in total. The second-order valence-electron chi connectivity index (χ2n) is 7.47. The third-order valence-corrected chi connectivity index (χ3v) is 7.21. The molecule has 1 amide bonds. The predicted molar refractivity (Wildman–Crippen MR) is 128 cm³/mol. The summed E-state index contributed by atoms with van der Waals surface area (Å²) in [6.07, 6.45) is 1.53. The Morgan fingerprint density at radius 1 is 1.00 bits per heavy atom.